The van der Waals surface area contributed by atoms with Gasteiger partial charge in [0, 0.05) is 16.9 Å². The molecule has 4 aliphatic carbocycles. The van der Waals surface area contributed by atoms with Gasteiger partial charge in [0.2, 0.25) is 0 Å². The van der Waals surface area contributed by atoms with Gasteiger partial charge in [-0.25, -0.2) is 0 Å². The maximum absolute atomic E-state index is 13.8. The summed E-state index contributed by atoms with van der Waals surface area (Å²) >= 11 is 4.19. The summed E-state index contributed by atoms with van der Waals surface area (Å²) in [6.45, 7) is 4.14. The normalized spacial score (nSPS) is 50.1. The van der Waals surface area contributed by atoms with Gasteiger partial charge in [0.25, 0.3) is 0 Å². The first-order chi connectivity index (χ1) is 13.0. The van der Waals surface area contributed by atoms with E-state index in [1.807, 2.05) is 0 Å². The van der Waals surface area contributed by atoms with Crippen LogP contribution in [0, 0.1) is 28.6 Å². The minimum absolute atomic E-state index is 0.00219. The third-order valence-corrected chi connectivity index (χ3v) is 12.9. The zero-order valence-corrected chi connectivity index (χ0v) is 18.4. The number of hydrogen-bond donors (Lipinski definition) is 1. The van der Waals surface area contributed by atoms with Crippen LogP contribution in [0.25, 0.3) is 0 Å². The lowest BCUT2D eigenvalue weighted by atomic mass is 9.46. The van der Waals surface area contributed by atoms with E-state index in [0.717, 1.165) is 19.3 Å². The molecule has 28 heavy (non-hydrogen) atoms. The molecule has 158 valence electrons. The molecule has 1 N–H and O–H groups in total. The van der Waals surface area contributed by atoms with Crippen molar-refractivity contribution in [3.8, 4) is 0 Å². The van der Waals surface area contributed by atoms with Crippen molar-refractivity contribution in [1.29, 1.82) is 0 Å². The van der Waals surface area contributed by atoms with Crippen LogP contribution in [0.4, 0.5) is 13.2 Å². The summed E-state index contributed by atoms with van der Waals surface area (Å²) in [6.07, 6.45) is 4.21. The van der Waals surface area contributed by atoms with Gasteiger partial charge in [0.05, 0.1) is 4.08 Å². The largest absolute Gasteiger partial charge is 0.417 e. The van der Waals surface area contributed by atoms with Crippen molar-refractivity contribution in [1.82, 2.24) is 0 Å². The zero-order valence-electron chi connectivity index (χ0n) is 16.8. The quantitative estimate of drug-likeness (QED) is 0.446. The summed E-state index contributed by atoms with van der Waals surface area (Å²) in [5.41, 5.74) is -1.77. The van der Waals surface area contributed by atoms with Gasteiger partial charge in [-0.2, -0.15) is 13.2 Å². The number of alkyl halides is 3. The van der Waals surface area contributed by atoms with Gasteiger partial charge in [-0.1, -0.05) is 25.5 Å². The molecule has 5 rings (SSSR count). The number of hydrogen-bond acceptors (Lipinski definition) is 3. The van der Waals surface area contributed by atoms with E-state index in [0.29, 0.717) is 24.7 Å². The Labute approximate surface area is 174 Å². The fraction of sp³-hybridized carbons (Fsp3) is 0.909. The highest BCUT2D eigenvalue weighted by atomic mass is 32.2. The number of aliphatic hydroxyl groups is 1. The van der Waals surface area contributed by atoms with Crippen molar-refractivity contribution >= 4 is 23.5 Å². The highest BCUT2D eigenvalue weighted by Crippen LogP contribution is 2.70. The van der Waals surface area contributed by atoms with Gasteiger partial charge in [-0.3, -0.25) is 0 Å². The van der Waals surface area contributed by atoms with Crippen molar-refractivity contribution in [2.24, 2.45) is 28.6 Å². The maximum Gasteiger partial charge on any atom is 0.417 e. The van der Waals surface area contributed by atoms with Crippen molar-refractivity contribution in [3.05, 3.63) is 11.6 Å². The van der Waals surface area contributed by atoms with Crippen LogP contribution >= 0.6 is 23.5 Å². The van der Waals surface area contributed by atoms with E-state index in [1.165, 1.54) is 24.3 Å². The molecule has 6 atom stereocenters. The summed E-state index contributed by atoms with van der Waals surface area (Å²) in [6, 6.07) is 0. The van der Waals surface area contributed by atoms with Gasteiger partial charge < -0.3 is 5.11 Å². The summed E-state index contributed by atoms with van der Waals surface area (Å²) in [5, 5.41) is 10.8. The third-order valence-electron chi connectivity index (χ3n) is 9.52. The highest BCUT2D eigenvalue weighted by molar-refractivity contribution is 8.21. The minimum atomic E-state index is -4.53. The maximum atomic E-state index is 13.8. The summed E-state index contributed by atoms with van der Waals surface area (Å²) in [5.74, 6) is 3.27. The van der Waals surface area contributed by atoms with Crippen LogP contribution in [0.3, 0.4) is 0 Å². The standard InChI is InChI=1S/C22H31F3OS2/c1-18-9-10-20(27-11-12-28-20)13-14(18)3-4-15-16(18)5-7-19(2)17(15)6-8-21(19,26)22(23,24)25/h13,15-17,26H,3-12H2,1-2H3/t15-,16+,17+,18+,19+,21+/m1/s1. The first kappa shape index (κ1) is 20.1. The lowest BCUT2D eigenvalue weighted by Gasteiger charge is -2.60. The Morgan fingerprint density at radius 2 is 1.64 bits per heavy atom. The lowest BCUT2D eigenvalue weighted by molar-refractivity contribution is -0.303. The monoisotopic (exact) mass is 432 g/mol. The SMILES string of the molecule is C[C@]12CCC3(C=C1CC[C@@H]1[C@@H]2CC[C@@]2(C)[C@H]1CC[C@@]2(O)C(F)(F)F)SCCS3. The molecule has 5 aliphatic rings. The van der Waals surface area contributed by atoms with Crippen LogP contribution in [-0.4, -0.2) is 32.5 Å². The van der Waals surface area contributed by atoms with Gasteiger partial charge in [0.1, 0.15) is 0 Å². The Balaban J connectivity index is 1.47. The van der Waals surface area contributed by atoms with E-state index in [-0.39, 0.29) is 21.8 Å². The number of allylic oxidation sites excluding steroid dienone is 1. The molecule has 0 aromatic heterocycles. The van der Waals surface area contributed by atoms with Crippen molar-refractivity contribution in [2.75, 3.05) is 11.5 Å². The van der Waals surface area contributed by atoms with Crippen LogP contribution in [0.15, 0.2) is 11.6 Å². The van der Waals surface area contributed by atoms with Crippen molar-refractivity contribution < 1.29 is 18.3 Å². The molecule has 1 saturated heterocycles. The molecular formula is C22H31F3OS2. The van der Waals surface area contributed by atoms with Gasteiger partial charge in [0.15, 0.2) is 5.60 Å². The Morgan fingerprint density at radius 3 is 2.32 bits per heavy atom. The zero-order chi connectivity index (χ0) is 20.0. The molecule has 0 bridgehead atoms. The van der Waals surface area contributed by atoms with E-state index in [2.05, 4.69) is 36.5 Å². The van der Waals surface area contributed by atoms with Gasteiger partial charge in [-0.15, -0.1) is 23.5 Å². The van der Waals surface area contributed by atoms with Crippen LogP contribution in [0.1, 0.15) is 65.2 Å². The molecule has 0 amide bonds. The van der Waals surface area contributed by atoms with Crippen molar-refractivity contribution in [3.63, 3.8) is 0 Å². The van der Waals surface area contributed by atoms with E-state index < -0.39 is 17.2 Å². The molecule has 0 aromatic rings. The van der Waals surface area contributed by atoms with E-state index in [9.17, 15) is 18.3 Å². The molecule has 3 saturated carbocycles. The Bertz CT molecular complexity index is 700. The average Bonchev–Trinajstić information content (AvgIpc) is 3.19. The van der Waals surface area contributed by atoms with E-state index in [1.54, 1.807) is 12.5 Å². The number of thioether (sulfide) groups is 2. The molecule has 1 spiro atoms. The second-order valence-electron chi connectivity index (χ2n) is 10.4. The first-order valence-corrected chi connectivity index (χ1v) is 12.8. The van der Waals surface area contributed by atoms with Crippen LogP contribution < -0.4 is 0 Å². The number of halogens is 3. The lowest BCUT2D eigenvalue weighted by Crippen LogP contribution is -2.60. The number of fused-ring (bicyclic) bond motifs is 5. The fourth-order valence-electron chi connectivity index (χ4n) is 7.86. The smallest absolute Gasteiger partial charge is 0.380 e. The second kappa shape index (κ2) is 6.12. The molecule has 0 aromatic carbocycles. The molecule has 6 heteroatoms. The van der Waals surface area contributed by atoms with Crippen LogP contribution in [-0.2, 0) is 0 Å². The molecule has 1 heterocycles. The van der Waals surface area contributed by atoms with Crippen LogP contribution in [0.5, 0.6) is 0 Å². The first-order valence-electron chi connectivity index (χ1n) is 10.8. The summed E-state index contributed by atoms with van der Waals surface area (Å²) in [7, 11) is 0. The van der Waals surface area contributed by atoms with Gasteiger partial charge >= 0.3 is 6.18 Å². The third kappa shape index (κ3) is 2.46. The Hall–Kier alpha value is 0.190. The van der Waals surface area contributed by atoms with Crippen molar-refractivity contribution in [2.45, 2.75) is 81.1 Å². The topological polar surface area (TPSA) is 20.2 Å². The molecular weight excluding hydrogens is 401 g/mol. The fourth-order valence-corrected chi connectivity index (χ4v) is 11.0. The average molecular weight is 433 g/mol. The summed E-state index contributed by atoms with van der Waals surface area (Å²) in [4.78, 5) is 0. The van der Waals surface area contributed by atoms with Crippen LogP contribution in [0.2, 0.25) is 0 Å². The second-order valence-corrected chi connectivity index (χ2v) is 13.5. The predicted molar refractivity (Wildman–Crippen MR) is 110 cm³/mol. The predicted octanol–water partition coefficient (Wildman–Crippen LogP) is 6.42. The molecule has 1 aliphatic heterocycles. The summed E-state index contributed by atoms with van der Waals surface area (Å²) < 4.78 is 41.8. The highest BCUT2D eigenvalue weighted by Gasteiger charge is 2.72. The Kier molecular flexibility index (Phi) is 4.40. The Morgan fingerprint density at radius 1 is 0.964 bits per heavy atom. The van der Waals surface area contributed by atoms with E-state index in [4.69, 9.17) is 0 Å². The molecule has 0 unspecified atom stereocenters. The molecule has 4 fully saturated rings. The molecule has 0 radical (unpaired) electrons. The van der Waals surface area contributed by atoms with Gasteiger partial charge in [-0.05, 0) is 74.5 Å². The van der Waals surface area contributed by atoms with E-state index >= 15 is 0 Å². The minimum Gasteiger partial charge on any atom is -0.380 e. The molecule has 1 nitrogen and oxygen atoms in total. The number of rotatable bonds is 0.